The smallest absolute Gasteiger partial charge is 0.226 e. The Bertz CT molecular complexity index is 218. The molecule has 4 N–H and O–H groups in total. The summed E-state index contributed by atoms with van der Waals surface area (Å²) in [6, 6.07) is 0. The van der Waals surface area contributed by atoms with E-state index in [1.807, 2.05) is 0 Å². The largest absolute Gasteiger partial charge is 0.393 e. The first-order valence-corrected chi connectivity index (χ1v) is 4.22. The van der Waals surface area contributed by atoms with E-state index in [-0.39, 0.29) is 23.2 Å². The molecule has 0 aliphatic rings. The maximum atomic E-state index is 10.9. The number of nitrogens with one attached hydrogen (secondary N) is 2. The summed E-state index contributed by atoms with van der Waals surface area (Å²) in [6.07, 6.45) is 0.0510. The molecule has 0 bridgehead atoms. The van der Waals surface area contributed by atoms with E-state index in [0.717, 1.165) is 0 Å². The SMILES string of the molecule is CC(=O)NCCNC(=O)CC(N)=S. The predicted octanol–water partition coefficient (Wildman–Crippen LogP) is -1.09. The number of carbonyl (C=O) groups is 2. The zero-order chi connectivity index (χ0) is 10.3. The average Bonchev–Trinajstić information content (AvgIpc) is 1.96. The number of thiocarbonyl (C=S) groups is 1. The molecule has 74 valence electrons. The molecular formula is C7H13N3O2S. The van der Waals surface area contributed by atoms with E-state index in [1.165, 1.54) is 6.92 Å². The maximum Gasteiger partial charge on any atom is 0.226 e. The molecule has 0 aliphatic carbocycles. The van der Waals surface area contributed by atoms with Crippen LogP contribution in [0.4, 0.5) is 0 Å². The van der Waals surface area contributed by atoms with E-state index in [2.05, 4.69) is 22.9 Å². The van der Waals surface area contributed by atoms with E-state index in [1.54, 1.807) is 0 Å². The Kier molecular flexibility index (Phi) is 5.79. The lowest BCUT2D eigenvalue weighted by Crippen LogP contribution is -2.35. The summed E-state index contributed by atoms with van der Waals surface area (Å²) in [5, 5.41) is 5.08. The van der Waals surface area contributed by atoms with Gasteiger partial charge < -0.3 is 16.4 Å². The molecule has 0 aromatic heterocycles. The van der Waals surface area contributed by atoms with Crippen molar-refractivity contribution in [3.8, 4) is 0 Å². The van der Waals surface area contributed by atoms with Crippen LogP contribution in [0, 0.1) is 0 Å². The topological polar surface area (TPSA) is 84.2 Å². The molecular weight excluding hydrogens is 190 g/mol. The zero-order valence-corrected chi connectivity index (χ0v) is 8.24. The van der Waals surface area contributed by atoms with Gasteiger partial charge in [0.05, 0.1) is 11.4 Å². The van der Waals surface area contributed by atoms with Gasteiger partial charge in [0.1, 0.15) is 0 Å². The normalized spacial score (nSPS) is 9.00. The second-order valence-electron chi connectivity index (χ2n) is 2.48. The van der Waals surface area contributed by atoms with Gasteiger partial charge in [0.2, 0.25) is 11.8 Å². The maximum absolute atomic E-state index is 10.9. The van der Waals surface area contributed by atoms with Crippen LogP contribution in [0.1, 0.15) is 13.3 Å². The molecule has 0 fully saturated rings. The lowest BCUT2D eigenvalue weighted by Gasteiger charge is -2.04. The molecule has 0 radical (unpaired) electrons. The van der Waals surface area contributed by atoms with Crippen LogP contribution in [0.3, 0.4) is 0 Å². The summed E-state index contributed by atoms with van der Waals surface area (Å²) in [5.41, 5.74) is 5.15. The molecule has 0 aromatic carbocycles. The highest BCUT2D eigenvalue weighted by Gasteiger charge is 2.01. The van der Waals surface area contributed by atoms with Crippen LogP contribution in [0.15, 0.2) is 0 Å². The third kappa shape index (κ3) is 8.74. The minimum Gasteiger partial charge on any atom is -0.393 e. The van der Waals surface area contributed by atoms with Crippen molar-refractivity contribution in [2.45, 2.75) is 13.3 Å². The van der Waals surface area contributed by atoms with E-state index in [4.69, 9.17) is 5.73 Å². The highest BCUT2D eigenvalue weighted by atomic mass is 32.1. The van der Waals surface area contributed by atoms with Crippen LogP contribution in [-0.2, 0) is 9.59 Å². The fourth-order valence-electron chi connectivity index (χ4n) is 0.661. The molecule has 0 aliphatic heterocycles. The van der Waals surface area contributed by atoms with E-state index >= 15 is 0 Å². The highest BCUT2D eigenvalue weighted by molar-refractivity contribution is 7.80. The Morgan fingerprint density at radius 1 is 1.31 bits per heavy atom. The Hall–Kier alpha value is -1.17. The predicted molar refractivity (Wildman–Crippen MR) is 53.1 cm³/mol. The first kappa shape index (κ1) is 11.8. The van der Waals surface area contributed by atoms with E-state index in [0.29, 0.717) is 13.1 Å². The molecule has 0 unspecified atom stereocenters. The number of amides is 2. The first-order valence-electron chi connectivity index (χ1n) is 3.82. The van der Waals surface area contributed by atoms with Crippen molar-refractivity contribution in [2.75, 3.05) is 13.1 Å². The minimum atomic E-state index is -0.224. The standard InChI is InChI=1S/C7H13N3O2S/c1-5(11)9-2-3-10-7(12)4-6(8)13/h2-4H2,1H3,(H2,8,13)(H,9,11)(H,10,12). The number of carbonyl (C=O) groups excluding carboxylic acids is 2. The van der Waals surface area contributed by atoms with Crippen LogP contribution in [0.2, 0.25) is 0 Å². The second-order valence-corrected chi connectivity index (χ2v) is 3.00. The van der Waals surface area contributed by atoms with Crippen molar-refractivity contribution in [1.29, 1.82) is 0 Å². The molecule has 0 saturated heterocycles. The summed E-state index contributed by atoms with van der Waals surface area (Å²) in [7, 11) is 0. The number of nitrogens with two attached hydrogens (primary N) is 1. The molecule has 0 heterocycles. The minimum absolute atomic E-state index is 0.0510. The quantitative estimate of drug-likeness (QED) is 0.392. The van der Waals surface area contributed by atoms with Crippen molar-refractivity contribution in [1.82, 2.24) is 10.6 Å². The first-order chi connectivity index (χ1) is 6.02. The van der Waals surface area contributed by atoms with E-state index in [9.17, 15) is 9.59 Å². The van der Waals surface area contributed by atoms with Crippen molar-refractivity contribution in [3.05, 3.63) is 0 Å². The third-order valence-corrected chi connectivity index (χ3v) is 1.30. The fraction of sp³-hybridized carbons (Fsp3) is 0.571. The van der Waals surface area contributed by atoms with Gasteiger partial charge in [-0.3, -0.25) is 9.59 Å². The summed E-state index contributed by atoms with van der Waals surface area (Å²) in [6.45, 7) is 2.22. The Balaban J connectivity index is 3.37. The van der Waals surface area contributed by atoms with Crippen molar-refractivity contribution in [2.24, 2.45) is 5.73 Å². The van der Waals surface area contributed by atoms with Gasteiger partial charge in [-0.1, -0.05) is 12.2 Å². The molecule has 13 heavy (non-hydrogen) atoms. The Morgan fingerprint density at radius 2 is 1.85 bits per heavy atom. The van der Waals surface area contributed by atoms with Gasteiger partial charge in [-0.2, -0.15) is 0 Å². The van der Waals surface area contributed by atoms with Gasteiger partial charge >= 0.3 is 0 Å². The van der Waals surface area contributed by atoms with Crippen molar-refractivity contribution in [3.63, 3.8) is 0 Å². The van der Waals surface area contributed by atoms with Crippen LogP contribution in [0.25, 0.3) is 0 Å². The van der Waals surface area contributed by atoms with Crippen molar-refractivity contribution >= 4 is 29.0 Å². The molecule has 6 heteroatoms. The van der Waals surface area contributed by atoms with Crippen LogP contribution >= 0.6 is 12.2 Å². The highest BCUT2D eigenvalue weighted by Crippen LogP contribution is 1.78. The number of rotatable bonds is 5. The van der Waals surface area contributed by atoms with Gasteiger partial charge in [0.25, 0.3) is 0 Å². The Labute approximate surface area is 82.1 Å². The lowest BCUT2D eigenvalue weighted by molar-refractivity contribution is -0.121. The molecule has 5 nitrogen and oxygen atoms in total. The monoisotopic (exact) mass is 203 g/mol. The third-order valence-electron chi connectivity index (χ3n) is 1.16. The zero-order valence-electron chi connectivity index (χ0n) is 7.42. The number of hydrogen-bond acceptors (Lipinski definition) is 3. The molecule has 0 atom stereocenters. The van der Waals surface area contributed by atoms with Crippen molar-refractivity contribution < 1.29 is 9.59 Å². The molecule has 0 rings (SSSR count). The summed E-state index contributed by atoms with van der Waals surface area (Å²) < 4.78 is 0. The lowest BCUT2D eigenvalue weighted by atomic mass is 10.4. The summed E-state index contributed by atoms with van der Waals surface area (Å²) >= 11 is 4.54. The van der Waals surface area contributed by atoms with Gasteiger partial charge in [-0.05, 0) is 0 Å². The van der Waals surface area contributed by atoms with Crippen LogP contribution < -0.4 is 16.4 Å². The number of hydrogen-bond donors (Lipinski definition) is 3. The fourth-order valence-corrected chi connectivity index (χ4v) is 0.792. The summed E-state index contributed by atoms with van der Waals surface area (Å²) in [5.74, 6) is -0.346. The van der Waals surface area contributed by atoms with Crippen LogP contribution in [-0.4, -0.2) is 29.9 Å². The van der Waals surface area contributed by atoms with Gasteiger partial charge in [0, 0.05) is 20.0 Å². The van der Waals surface area contributed by atoms with Gasteiger partial charge in [-0.15, -0.1) is 0 Å². The summed E-state index contributed by atoms with van der Waals surface area (Å²) in [4.78, 5) is 21.5. The van der Waals surface area contributed by atoms with Gasteiger partial charge in [0.15, 0.2) is 0 Å². The average molecular weight is 203 g/mol. The molecule has 0 saturated carbocycles. The second kappa shape index (κ2) is 6.36. The Morgan fingerprint density at radius 3 is 2.31 bits per heavy atom. The van der Waals surface area contributed by atoms with Gasteiger partial charge in [-0.25, -0.2) is 0 Å². The van der Waals surface area contributed by atoms with E-state index < -0.39 is 0 Å². The molecule has 0 aromatic rings. The van der Waals surface area contributed by atoms with Crippen LogP contribution in [0.5, 0.6) is 0 Å². The molecule has 0 spiro atoms. The molecule has 2 amide bonds.